The van der Waals surface area contributed by atoms with Crippen molar-refractivity contribution in [1.29, 1.82) is 0 Å². The van der Waals surface area contributed by atoms with Gasteiger partial charge in [0.2, 0.25) is 18.2 Å². The lowest BCUT2D eigenvalue weighted by Crippen LogP contribution is -2.36. The van der Waals surface area contributed by atoms with E-state index in [0.29, 0.717) is 10.8 Å². The molecule has 2 aromatic rings. The maximum Gasteiger partial charge on any atom is 0.228 e. The van der Waals surface area contributed by atoms with Crippen LogP contribution in [0.1, 0.15) is 23.9 Å². The highest BCUT2D eigenvalue weighted by Crippen LogP contribution is 2.38. The van der Waals surface area contributed by atoms with Crippen LogP contribution in [0.2, 0.25) is 5.02 Å². The first-order valence-corrected chi connectivity index (χ1v) is 7.86. The third kappa shape index (κ3) is 3.12. The number of aromatic nitrogens is 2. The van der Waals surface area contributed by atoms with Crippen LogP contribution in [0.25, 0.3) is 0 Å². The van der Waals surface area contributed by atoms with Crippen LogP contribution in [-0.4, -0.2) is 45.9 Å². The number of likely N-dealkylation sites (tertiary alicyclic amines) is 1. The number of carbonyl (C=O) groups excluding carboxylic acids is 2. The molecule has 24 heavy (non-hydrogen) atoms. The summed E-state index contributed by atoms with van der Waals surface area (Å²) >= 11 is 6.07. The average Bonchev–Trinajstić information content (AvgIpc) is 3.15. The zero-order valence-electron chi connectivity index (χ0n) is 13.3. The van der Waals surface area contributed by atoms with Crippen molar-refractivity contribution in [3.63, 3.8) is 0 Å². The van der Waals surface area contributed by atoms with E-state index < -0.39 is 5.92 Å². The van der Waals surface area contributed by atoms with Crippen LogP contribution in [0.15, 0.2) is 35.2 Å². The van der Waals surface area contributed by atoms with Gasteiger partial charge in [0.1, 0.15) is 0 Å². The van der Waals surface area contributed by atoms with Gasteiger partial charge in [-0.25, -0.2) is 0 Å². The third-order valence-corrected chi connectivity index (χ3v) is 4.49. The lowest BCUT2D eigenvalue weighted by atomic mass is 9.92. The lowest BCUT2D eigenvalue weighted by molar-refractivity contribution is -0.136. The Labute approximate surface area is 144 Å². The highest BCUT2D eigenvalue weighted by molar-refractivity contribution is 6.30. The number of amides is 2. The van der Waals surface area contributed by atoms with Gasteiger partial charge in [0.05, 0.1) is 18.5 Å². The minimum Gasteiger partial charge on any atom is -0.343 e. The Bertz CT molecular complexity index is 750. The molecule has 1 aromatic carbocycles. The molecule has 1 aliphatic rings. The molecule has 1 aliphatic heterocycles. The summed E-state index contributed by atoms with van der Waals surface area (Å²) in [6.07, 6.45) is 1.39. The van der Waals surface area contributed by atoms with E-state index in [1.165, 1.54) is 11.3 Å². The molecule has 0 bridgehead atoms. The molecule has 1 saturated heterocycles. The van der Waals surface area contributed by atoms with E-state index in [-0.39, 0.29) is 30.8 Å². The highest BCUT2D eigenvalue weighted by atomic mass is 35.5. The molecular weight excluding hydrogens is 332 g/mol. The molecule has 0 spiro atoms. The number of hydrogen-bond acceptors (Lipinski definition) is 5. The first kappa shape index (κ1) is 16.4. The first-order chi connectivity index (χ1) is 11.5. The minimum absolute atomic E-state index is 0.0636. The maximum atomic E-state index is 12.9. The molecule has 2 heterocycles. The standard InChI is InChI=1S/C16H17ClN4O3/c1-20(8-13-18-9-24-19-13)16(23)12-7-14(22)21(2)15(12)10-4-3-5-11(17)6-10/h3-6,9,12,15H,7-8H2,1-2H3. The number of carbonyl (C=O) groups is 2. The predicted molar refractivity (Wildman–Crippen MR) is 85.8 cm³/mol. The molecule has 2 atom stereocenters. The SMILES string of the molecule is CN(Cc1ncon1)C(=O)C1CC(=O)N(C)C1c1cccc(Cl)c1. The van der Waals surface area contributed by atoms with Gasteiger partial charge in [-0.3, -0.25) is 9.59 Å². The van der Waals surface area contributed by atoms with Gasteiger partial charge in [-0.1, -0.05) is 28.9 Å². The van der Waals surface area contributed by atoms with Crippen molar-refractivity contribution in [2.75, 3.05) is 14.1 Å². The number of halogens is 1. The number of benzene rings is 1. The van der Waals surface area contributed by atoms with Crippen molar-refractivity contribution in [2.24, 2.45) is 5.92 Å². The van der Waals surface area contributed by atoms with Crippen molar-refractivity contribution in [3.05, 3.63) is 47.1 Å². The molecule has 1 aromatic heterocycles. The van der Waals surface area contributed by atoms with Crippen LogP contribution in [0.4, 0.5) is 0 Å². The van der Waals surface area contributed by atoms with Gasteiger partial charge in [-0.15, -0.1) is 0 Å². The van der Waals surface area contributed by atoms with Crippen LogP contribution in [-0.2, 0) is 16.1 Å². The number of nitrogens with zero attached hydrogens (tertiary/aromatic N) is 4. The fraction of sp³-hybridized carbons (Fsp3) is 0.375. The van der Waals surface area contributed by atoms with Crippen LogP contribution in [0.3, 0.4) is 0 Å². The molecule has 0 N–H and O–H groups in total. The van der Waals surface area contributed by atoms with Gasteiger partial charge >= 0.3 is 0 Å². The van der Waals surface area contributed by atoms with E-state index in [0.717, 1.165) is 5.56 Å². The minimum atomic E-state index is -0.474. The van der Waals surface area contributed by atoms with E-state index in [9.17, 15) is 9.59 Å². The second-order valence-electron chi connectivity index (χ2n) is 5.86. The van der Waals surface area contributed by atoms with Gasteiger partial charge in [0.15, 0.2) is 5.82 Å². The van der Waals surface area contributed by atoms with E-state index in [4.69, 9.17) is 11.6 Å². The van der Waals surface area contributed by atoms with Crippen LogP contribution >= 0.6 is 11.6 Å². The molecule has 126 valence electrons. The van der Waals surface area contributed by atoms with Gasteiger partial charge in [0, 0.05) is 25.5 Å². The smallest absolute Gasteiger partial charge is 0.228 e. The lowest BCUT2D eigenvalue weighted by Gasteiger charge is -2.27. The zero-order chi connectivity index (χ0) is 17.3. The Morgan fingerprint density at radius 1 is 1.50 bits per heavy atom. The zero-order valence-corrected chi connectivity index (χ0v) is 14.1. The van der Waals surface area contributed by atoms with E-state index >= 15 is 0 Å². The maximum absolute atomic E-state index is 12.9. The molecule has 8 heteroatoms. The van der Waals surface area contributed by atoms with Crippen LogP contribution < -0.4 is 0 Å². The molecule has 0 saturated carbocycles. The van der Waals surface area contributed by atoms with Gasteiger partial charge in [0.25, 0.3) is 0 Å². The molecule has 3 rings (SSSR count). The second-order valence-corrected chi connectivity index (χ2v) is 6.29. The monoisotopic (exact) mass is 348 g/mol. The summed E-state index contributed by atoms with van der Waals surface area (Å²) in [5.41, 5.74) is 0.849. The summed E-state index contributed by atoms with van der Waals surface area (Å²) in [6.45, 7) is 0.228. The first-order valence-electron chi connectivity index (χ1n) is 7.48. The molecular formula is C16H17ClN4O3. The molecule has 2 amide bonds. The molecule has 7 nitrogen and oxygen atoms in total. The number of rotatable bonds is 4. The summed E-state index contributed by atoms with van der Waals surface area (Å²) in [5, 5.41) is 4.28. The molecule has 2 unspecified atom stereocenters. The predicted octanol–water partition coefficient (Wildman–Crippen LogP) is 1.90. The number of hydrogen-bond donors (Lipinski definition) is 0. The van der Waals surface area contributed by atoms with Crippen molar-refractivity contribution in [2.45, 2.75) is 19.0 Å². The fourth-order valence-corrected chi connectivity index (χ4v) is 3.27. The third-order valence-electron chi connectivity index (χ3n) is 4.26. The normalized spacial score (nSPS) is 20.5. The Balaban J connectivity index is 1.84. The molecule has 0 radical (unpaired) electrons. The van der Waals surface area contributed by atoms with E-state index in [2.05, 4.69) is 14.7 Å². The average molecular weight is 349 g/mol. The molecule has 1 fully saturated rings. The van der Waals surface area contributed by atoms with E-state index in [1.807, 2.05) is 12.1 Å². The Morgan fingerprint density at radius 3 is 2.96 bits per heavy atom. The summed E-state index contributed by atoms with van der Waals surface area (Å²) in [4.78, 5) is 32.1. The fourth-order valence-electron chi connectivity index (χ4n) is 3.07. The van der Waals surface area contributed by atoms with Crippen molar-refractivity contribution in [3.8, 4) is 0 Å². The van der Waals surface area contributed by atoms with Crippen LogP contribution in [0.5, 0.6) is 0 Å². The largest absolute Gasteiger partial charge is 0.343 e. The summed E-state index contributed by atoms with van der Waals surface area (Å²) < 4.78 is 4.68. The second kappa shape index (κ2) is 6.60. The van der Waals surface area contributed by atoms with Gasteiger partial charge in [-0.2, -0.15) is 4.98 Å². The van der Waals surface area contributed by atoms with Crippen molar-refractivity contribution in [1.82, 2.24) is 19.9 Å². The quantitative estimate of drug-likeness (QED) is 0.843. The van der Waals surface area contributed by atoms with Crippen molar-refractivity contribution >= 4 is 23.4 Å². The summed E-state index contributed by atoms with van der Waals surface area (Å²) in [5.74, 6) is -0.255. The summed E-state index contributed by atoms with van der Waals surface area (Å²) in [7, 11) is 3.37. The summed E-state index contributed by atoms with van der Waals surface area (Å²) in [6, 6.07) is 6.92. The Kier molecular flexibility index (Phi) is 4.53. The van der Waals surface area contributed by atoms with Crippen molar-refractivity contribution < 1.29 is 14.1 Å². The van der Waals surface area contributed by atoms with Crippen LogP contribution in [0, 0.1) is 5.92 Å². The van der Waals surface area contributed by atoms with E-state index in [1.54, 1.807) is 31.1 Å². The molecule has 0 aliphatic carbocycles. The highest BCUT2D eigenvalue weighted by Gasteiger charge is 2.43. The Hall–Kier alpha value is -2.41. The Morgan fingerprint density at radius 2 is 2.29 bits per heavy atom. The van der Waals surface area contributed by atoms with Gasteiger partial charge in [-0.05, 0) is 17.7 Å². The topological polar surface area (TPSA) is 79.5 Å². The van der Waals surface area contributed by atoms with Gasteiger partial charge < -0.3 is 14.3 Å².